The van der Waals surface area contributed by atoms with E-state index in [9.17, 15) is 4.79 Å². The molecule has 0 saturated carbocycles. The molecular weight excluding hydrogens is 510 g/mol. The quantitative estimate of drug-likeness (QED) is 0.0732. The highest BCUT2D eigenvalue weighted by Gasteiger charge is 2.31. The van der Waals surface area contributed by atoms with Crippen LogP contribution in [0.3, 0.4) is 0 Å². The van der Waals surface area contributed by atoms with Gasteiger partial charge in [0.2, 0.25) is 6.73 Å². The lowest BCUT2D eigenvalue weighted by Gasteiger charge is -2.36. The van der Waals surface area contributed by atoms with Gasteiger partial charge in [-0.3, -0.25) is 4.48 Å². The third-order valence-corrected chi connectivity index (χ3v) is 7.23. The molecule has 0 amide bonds. The SMILES string of the molecule is [2H]C([2H])([2H])C([2H])([2H])C([2H])([2H])C([2H])([2H])C([2H])([2H])C([2H])([2H])Oc1nsnc1C1=CCC[N+](C)(COC(=O)OCCCCCCCCCCCCCCC)C1. The maximum absolute atomic E-state index is 12.3. The van der Waals surface area contributed by atoms with Gasteiger partial charge in [-0.05, 0) is 12.8 Å². The number of carbonyl (C=O) groups excluding carboxylic acids is 1. The van der Waals surface area contributed by atoms with Crippen LogP contribution in [0.4, 0.5) is 4.79 Å². The molecule has 0 radical (unpaired) electrons. The highest BCUT2D eigenvalue weighted by atomic mass is 32.1. The summed E-state index contributed by atoms with van der Waals surface area (Å²) in [6.45, 7) is -4.18. The zero-order chi connectivity index (χ0) is 39.5. The Balaban J connectivity index is 1.88. The highest BCUT2D eigenvalue weighted by molar-refractivity contribution is 6.99. The predicted octanol–water partition coefficient (Wildman–Crippen LogP) is 8.93. The topological polar surface area (TPSA) is 70.5 Å². The molecule has 2 heterocycles. The second-order valence-corrected chi connectivity index (χ2v) is 10.8. The van der Waals surface area contributed by atoms with Crippen LogP contribution in [-0.2, 0) is 9.47 Å². The number of hydrogen-bond donors (Lipinski definition) is 0. The Labute approximate surface area is 260 Å². The van der Waals surface area contributed by atoms with E-state index >= 15 is 0 Å². The summed E-state index contributed by atoms with van der Waals surface area (Å²) < 4.78 is 127. The number of hydrogen-bond acceptors (Lipinski definition) is 7. The number of aromatic nitrogens is 2. The van der Waals surface area contributed by atoms with E-state index in [-0.39, 0.29) is 30.1 Å². The molecule has 1 aromatic heterocycles. The largest absolute Gasteiger partial charge is 0.512 e. The first-order valence-corrected chi connectivity index (χ1v) is 15.0. The maximum atomic E-state index is 12.3. The van der Waals surface area contributed by atoms with Gasteiger partial charge in [0.25, 0.3) is 5.88 Å². The summed E-state index contributed by atoms with van der Waals surface area (Å²) in [5, 5.41) is 0. The van der Waals surface area contributed by atoms with Crippen LogP contribution in [0.5, 0.6) is 5.88 Å². The van der Waals surface area contributed by atoms with Crippen LogP contribution in [0.15, 0.2) is 6.08 Å². The van der Waals surface area contributed by atoms with Crippen LogP contribution in [0.1, 0.15) is 153 Å². The third kappa shape index (κ3) is 15.1. The average Bonchev–Trinajstić information content (AvgIpc) is 3.50. The molecule has 1 atom stereocenters. The zero-order valence-electron chi connectivity index (χ0n) is 36.7. The smallest absolute Gasteiger partial charge is 0.475 e. The summed E-state index contributed by atoms with van der Waals surface area (Å²) in [6, 6.07) is 0. The average molecular weight is 580 g/mol. The van der Waals surface area contributed by atoms with Crippen molar-refractivity contribution in [3.8, 4) is 5.88 Å². The lowest BCUT2D eigenvalue weighted by molar-refractivity contribution is -0.919. The van der Waals surface area contributed by atoms with E-state index in [4.69, 9.17) is 32.0 Å². The fourth-order valence-corrected chi connectivity index (χ4v) is 5.03. The van der Waals surface area contributed by atoms with Gasteiger partial charge in [0, 0.05) is 27.1 Å². The van der Waals surface area contributed by atoms with Gasteiger partial charge in [0.05, 0.1) is 41.2 Å². The van der Waals surface area contributed by atoms with E-state index in [1.165, 1.54) is 64.2 Å². The monoisotopic (exact) mass is 579 g/mol. The van der Waals surface area contributed by atoms with Gasteiger partial charge in [0.15, 0.2) is 0 Å². The molecule has 0 aliphatic carbocycles. The minimum Gasteiger partial charge on any atom is -0.475 e. The fourth-order valence-electron chi connectivity index (χ4n) is 4.52. The zero-order valence-corrected chi connectivity index (χ0v) is 24.5. The van der Waals surface area contributed by atoms with Crippen molar-refractivity contribution in [3.05, 3.63) is 11.8 Å². The van der Waals surface area contributed by atoms with Gasteiger partial charge in [-0.1, -0.05) is 116 Å². The van der Waals surface area contributed by atoms with Crippen LogP contribution in [0.25, 0.3) is 5.57 Å². The molecule has 0 aromatic carbocycles. The molecule has 0 fully saturated rings. The van der Waals surface area contributed by atoms with Gasteiger partial charge in [-0.25, -0.2) is 4.79 Å². The van der Waals surface area contributed by atoms with E-state index in [1.54, 1.807) is 6.08 Å². The van der Waals surface area contributed by atoms with Crippen LogP contribution in [0, 0.1) is 0 Å². The van der Waals surface area contributed by atoms with Crippen LogP contribution in [-0.4, -0.2) is 59.4 Å². The maximum Gasteiger partial charge on any atom is 0.512 e. The first kappa shape index (κ1) is 18.7. The van der Waals surface area contributed by atoms with Crippen molar-refractivity contribution in [3.63, 3.8) is 0 Å². The molecular formula is C31H56N3O4S+. The standard InChI is InChI=1S/C31H56N3O4S/c1-4-6-8-10-11-12-13-14-15-16-17-18-20-25-37-31(35)38-27-34(3)23-21-22-28(26-34)29-30(33-39-32-29)36-24-19-9-7-5-2/h22H,4-21,23-27H2,1-3H3/q+1/i2D3,5D2,7D2,9D2,19D2,24D2. The fraction of sp³-hybridized carbons (Fsp3) is 0.839. The summed E-state index contributed by atoms with van der Waals surface area (Å²) in [7, 11) is 1.82. The van der Waals surface area contributed by atoms with Crippen molar-refractivity contribution in [2.45, 2.75) is 129 Å². The van der Waals surface area contributed by atoms with E-state index < -0.39 is 50.9 Å². The number of likely N-dealkylation sites (N-methyl/N-ethyl adjacent to an activating group) is 1. The van der Waals surface area contributed by atoms with Gasteiger partial charge in [0.1, 0.15) is 12.2 Å². The van der Waals surface area contributed by atoms with Crippen LogP contribution in [0.2, 0.25) is 0 Å². The molecule has 0 bridgehead atoms. The number of rotatable bonds is 23. The summed E-state index contributed by atoms with van der Waals surface area (Å²) in [4.78, 5) is 12.3. The second kappa shape index (κ2) is 21.1. The summed E-state index contributed by atoms with van der Waals surface area (Å²) in [5.74, 6) is -0.521. The molecule has 8 heteroatoms. The van der Waals surface area contributed by atoms with Crippen molar-refractivity contribution >= 4 is 23.5 Å². The number of quaternary nitrogens is 1. The minimum atomic E-state index is -4.07. The molecule has 0 N–H and O–H groups in total. The molecule has 1 aromatic rings. The summed E-state index contributed by atoms with van der Waals surface area (Å²) in [6.07, 6.45) is 1.20. The van der Waals surface area contributed by atoms with Crippen molar-refractivity contribution in [1.82, 2.24) is 8.75 Å². The Bertz CT molecular complexity index is 1290. The molecule has 0 saturated heterocycles. The third-order valence-electron chi connectivity index (χ3n) is 6.72. The first-order chi connectivity index (χ1) is 24.0. The van der Waals surface area contributed by atoms with Crippen LogP contribution >= 0.6 is 11.7 Å². The van der Waals surface area contributed by atoms with Gasteiger partial charge in [-0.2, -0.15) is 4.37 Å². The Morgan fingerprint density at radius 2 is 1.67 bits per heavy atom. The molecule has 0 spiro atoms. The second-order valence-electron chi connectivity index (χ2n) is 10.3. The lowest BCUT2D eigenvalue weighted by atomic mass is 10.0. The Kier molecular flexibility index (Phi) is 10.1. The highest BCUT2D eigenvalue weighted by Crippen LogP contribution is 2.30. The van der Waals surface area contributed by atoms with Gasteiger partial charge in [-0.15, -0.1) is 4.37 Å². The molecule has 2 rings (SSSR count). The van der Waals surface area contributed by atoms with Gasteiger partial charge < -0.3 is 14.2 Å². The molecule has 39 heavy (non-hydrogen) atoms. The van der Waals surface area contributed by atoms with Crippen LogP contribution < -0.4 is 4.74 Å². The molecule has 1 aliphatic rings. The van der Waals surface area contributed by atoms with E-state index in [0.29, 0.717) is 30.3 Å². The summed E-state index contributed by atoms with van der Waals surface area (Å²) >= 11 is 0.604. The van der Waals surface area contributed by atoms with Crippen molar-refractivity contribution in [2.24, 2.45) is 0 Å². The van der Waals surface area contributed by atoms with Crippen molar-refractivity contribution in [1.29, 1.82) is 0 Å². The van der Waals surface area contributed by atoms with Gasteiger partial charge >= 0.3 is 6.16 Å². The Hall–Kier alpha value is -1.67. The number of nitrogens with zero attached hydrogens (tertiary/aromatic N) is 3. The first-order valence-electron chi connectivity index (χ1n) is 20.8. The number of carbonyl (C=O) groups is 1. The summed E-state index contributed by atoms with van der Waals surface area (Å²) in [5.41, 5.74) is 0.509. The molecule has 7 nitrogen and oxygen atoms in total. The predicted molar refractivity (Wildman–Crippen MR) is 161 cm³/mol. The normalized spacial score (nSPS) is 24.3. The molecule has 1 unspecified atom stereocenters. The lowest BCUT2D eigenvalue weighted by Crippen LogP contribution is -2.49. The van der Waals surface area contributed by atoms with E-state index in [2.05, 4.69) is 15.7 Å². The number of unbranched alkanes of at least 4 members (excludes halogenated alkanes) is 12. The van der Waals surface area contributed by atoms with E-state index in [0.717, 1.165) is 19.3 Å². The van der Waals surface area contributed by atoms with Crippen molar-refractivity contribution < 1.29 is 41.3 Å². The Morgan fingerprint density at radius 1 is 0.974 bits per heavy atom. The number of ether oxygens (including phenoxy) is 3. The Morgan fingerprint density at radius 3 is 2.36 bits per heavy atom. The van der Waals surface area contributed by atoms with Crippen molar-refractivity contribution in [2.75, 3.05) is 40.0 Å². The molecule has 224 valence electrons. The molecule has 1 aliphatic heterocycles. The minimum absolute atomic E-state index is 0.0140. The van der Waals surface area contributed by atoms with E-state index in [1.807, 2.05) is 7.05 Å².